The molecule has 0 N–H and O–H groups in total. The molecule has 0 spiro atoms. The molecule has 1 aromatic heterocycles. The molecule has 2 aromatic rings. The normalized spacial score (nSPS) is 13.2. The highest BCUT2D eigenvalue weighted by atomic mass is 19.4. The van der Waals surface area contributed by atoms with E-state index < -0.39 is 18.5 Å². The van der Waals surface area contributed by atoms with Gasteiger partial charge in [-0.3, -0.25) is 4.57 Å². The van der Waals surface area contributed by atoms with E-state index in [2.05, 4.69) is 0 Å². The molecule has 6 heteroatoms. The van der Waals surface area contributed by atoms with Gasteiger partial charge in [-0.2, -0.15) is 13.2 Å². The van der Waals surface area contributed by atoms with E-state index in [0.717, 1.165) is 5.56 Å². The Morgan fingerprint density at radius 3 is 2.37 bits per heavy atom. The molecule has 19 heavy (non-hydrogen) atoms. The summed E-state index contributed by atoms with van der Waals surface area (Å²) in [5, 5.41) is 0. The van der Waals surface area contributed by atoms with Gasteiger partial charge in [-0.05, 0) is 23.1 Å². The molecule has 0 unspecified atom stereocenters. The number of halogens is 3. The molecule has 104 valence electrons. The summed E-state index contributed by atoms with van der Waals surface area (Å²) in [5.41, 5.74) is 0.971. The number of nitrogens with zero attached hydrogens (tertiary/aromatic N) is 1. The first-order valence-corrected chi connectivity index (χ1v) is 5.78. The van der Waals surface area contributed by atoms with Crippen molar-refractivity contribution in [2.24, 2.45) is 0 Å². The number of hydrogen-bond acceptors (Lipinski definition) is 2. The van der Waals surface area contributed by atoms with E-state index >= 15 is 0 Å². The Balaban J connectivity index is 2.63. The predicted molar refractivity (Wildman–Crippen MR) is 65.2 cm³/mol. The van der Waals surface area contributed by atoms with Gasteiger partial charge in [-0.15, -0.1) is 0 Å². The van der Waals surface area contributed by atoms with Gasteiger partial charge in [0.2, 0.25) is 0 Å². The van der Waals surface area contributed by atoms with Crippen molar-refractivity contribution < 1.29 is 17.6 Å². The van der Waals surface area contributed by atoms with Crippen LogP contribution in [0.1, 0.15) is 26.3 Å². The van der Waals surface area contributed by atoms with Crippen LogP contribution in [0.25, 0.3) is 11.1 Å². The number of benzene rings is 1. The number of alkyl halides is 3. The molecule has 0 aliphatic rings. The Morgan fingerprint density at radius 1 is 1.21 bits per heavy atom. The molecule has 0 aliphatic carbocycles. The zero-order chi connectivity index (χ0) is 14.4. The quantitative estimate of drug-likeness (QED) is 0.797. The minimum Gasteiger partial charge on any atom is -0.408 e. The second-order valence-electron chi connectivity index (χ2n) is 5.50. The summed E-state index contributed by atoms with van der Waals surface area (Å²) in [6, 6.07) is 4.86. The summed E-state index contributed by atoms with van der Waals surface area (Å²) >= 11 is 0. The van der Waals surface area contributed by atoms with E-state index in [9.17, 15) is 18.0 Å². The molecule has 0 atom stereocenters. The third-order valence-electron chi connectivity index (χ3n) is 2.87. The lowest BCUT2D eigenvalue weighted by Gasteiger charge is -2.18. The number of hydrogen-bond donors (Lipinski definition) is 0. The van der Waals surface area contributed by atoms with Crippen LogP contribution >= 0.6 is 0 Å². The maximum atomic E-state index is 12.5. The molecule has 0 saturated heterocycles. The lowest BCUT2D eigenvalue weighted by molar-refractivity contribution is -0.140. The number of fused-ring (bicyclic) bond motifs is 1. The van der Waals surface area contributed by atoms with Crippen molar-refractivity contribution in [3.05, 3.63) is 34.3 Å². The minimum absolute atomic E-state index is 0.169. The van der Waals surface area contributed by atoms with Crippen LogP contribution in [0.3, 0.4) is 0 Å². The van der Waals surface area contributed by atoms with Gasteiger partial charge < -0.3 is 4.42 Å². The van der Waals surface area contributed by atoms with E-state index in [4.69, 9.17) is 4.42 Å². The fourth-order valence-electron chi connectivity index (χ4n) is 1.86. The lowest BCUT2D eigenvalue weighted by Crippen LogP contribution is -2.25. The molecule has 2 rings (SSSR count). The van der Waals surface area contributed by atoms with Crippen LogP contribution in [0.15, 0.2) is 27.4 Å². The number of rotatable bonds is 1. The standard InChI is InChI=1S/C13H14F3NO2/c1-12(2,3)8-4-5-10-9(6-8)17(11(18)19-10)7-13(14,15)16/h4-6H,7H2,1-3H3. The number of oxazole rings is 1. The average molecular weight is 273 g/mol. The van der Waals surface area contributed by atoms with Gasteiger partial charge in [0.1, 0.15) is 6.54 Å². The van der Waals surface area contributed by atoms with Crippen molar-refractivity contribution in [1.82, 2.24) is 4.57 Å². The average Bonchev–Trinajstić information content (AvgIpc) is 2.51. The van der Waals surface area contributed by atoms with E-state index in [1.807, 2.05) is 20.8 Å². The van der Waals surface area contributed by atoms with Crippen LogP contribution in [-0.4, -0.2) is 10.7 Å². The van der Waals surface area contributed by atoms with Gasteiger partial charge in [-0.1, -0.05) is 26.8 Å². The first-order valence-electron chi connectivity index (χ1n) is 5.78. The van der Waals surface area contributed by atoms with Crippen LogP contribution in [0, 0.1) is 0 Å². The Hall–Kier alpha value is -1.72. The zero-order valence-electron chi connectivity index (χ0n) is 10.8. The van der Waals surface area contributed by atoms with Gasteiger partial charge in [0.05, 0.1) is 5.52 Å². The Morgan fingerprint density at radius 2 is 1.84 bits per heavy atom. The highest BCUT2D eigenvalue weighted by molar-refractivity contribution is 5.74. The summed E-state index contributed by atoms with van der Waals surface area (Å²) < 4.78 is 42.8. The van der Waals surface area contributed by atoms with Crippen LogP contribution in [0.4, 0.5) is 13.2 Å². The van der Waals surface area contributed by atoms with E-state index in [1.165, 1.54) is 6.07 Å². The third kappa shape index (κ3) is 2.83. The molecule has 0 amide bonds. The van der Waals surface area contributed by atoms with Gasteiger partial charge in [0, 0.05) is 0 Å². The van der Waals surface area contributed by atoms with Crippen molar-refractivity contribution in [2.45, 2.75) is 38.9 Å². The molecular weight excluding hydrogens is 259 g/mol. The number of aromatic nitrogens is 1. The maximum absolute atomic E-state index is 12.5. The van der Waals surface area contributed by atoms with E-state index in [1.54, 1.807) is 12.1 Å². The third-order valence-corrected chi connectivity index (χ3v) is 2.87. The molecule has 0 fully saturated rings. The largest absolute Gasteiger partial charge is 0.420 e. The summed E-state index contributed by atoms with van der Waals surface area (Å²) in [5.74, 6) is -0.988. The summed E-state index contributed by atoms with van der Waals surface area (Å²) in [6.07, 6.45) is -4.46. The Bertz CT molecular complexity index is 659. The molecule has 3 nitrogen and oxygen atoms in total. The first-order chi connectivity index (χ1) is 8.58. The van der Waals surface area contributed by atoms with Gasteiger partial charge in [0.25, 0.3) is 0 Å². The topological polar surface area (TPSA) is 35.1 Å². The monoisotopic (exact) mass is 273 g/mol. The molecule has 0 aliphatic heterocycles. The second kappa shape index (κ2) is 4.15. The minimum atomic E-state index is -4.46. The summed E-state index contributed by atoms with van der Waals surface area (Å²) in [4.78, 5) is 11.5. The van der Waals surface area contributed by atoms with Crippen molar-refractivity contribution in [2.75, 3.05) is 0 Å². The highest BCUT2D eigenvalue weighted by Crippen LogP contribution is 2.27. The van der Waals surface area contributed by atoms with Crippen LogP contribution < -0.4 is 5.76 Å². The van der Waals surface area contributed by atoms with Gasteiger partial charge in [0.15, 0.2) is 5.58 Å². The molecular formula is C13H14F3NO2. The molecule has 1 heterocycles. The Kier molecular flexibility index (Phi) is 2.99. The second-order valence-corrected chi connectivity index (χ2v) is 5.50. The molecule has 0 radical (unpaired) electrons. The smallest absolute Gasteiger partial charge is 0.408 e. The van der Waals surface area contributed by atoms with E-state index in [-0.39, 0.29) is 16.5 Å². The van der Waals surface area contributed by atoms with Gasteiger partial charge in [-0.25, -0.2) is 4.79 Å². The first kappa shape index (κ1) is 13.7. The fourth-order valence-corrected chi connectivity index (χ4v) is 1.86. The molecule has 1 aromatic carbocycles. The van der Waals surface area contributed by atoms with Crippen molar-refractivity contribution >= 4 is 11.1 Å². The van der Waals surface area contributed by atoms with Gasteiger partial charge >= 0.3 is 11.9 Å². The lowest BCUT2D eigenvalue weighted by atomic mass is 9.87. The van der Waals surface area contributed by atoms with Crippen molar-refractivity contribution in [3.8, 4) is 0 Å². The summed E-state index contributed by atoms with van der Waals surface area (Å²) in [6.45, 7) is 4.49. The SMILES string of the molecule is CC(C)(C)c1ccc2oc(=O)n(CC(F)(F)F)c2c1. The van der Waals surface area contributed by atoms with Crippen LogP contribution in [0.2, 0.25) is 0 Å². The van der Waals surface area contributed by atoms with Crippen molar-refractivity contribution in [1.29, 1.82) is 0 Å². The van der Waals surface area contributed by atoms with Crippen LogP contribution in [-0.2, 0) is 12.0 Å². The molecule has 0 bridgehead atoms. The molecule has 0 saturated carbocycles. The van der Waals surface area contributed by atoms with Crippen molar-refractivity contribution in [3.63, 3.8) is 0 Å². The zero-order valence-corrected chi connectivity index (χ0v) is 10.8. The maximum Gasteiger partial charge on any atom is 0.420 e. The highest BCUT2D eigenvalue weighted by Gasteiger charge is 2.30. The fraction of sp³-hybridized carbons (Fsp3) is 0.462. The summed E-state index contributed by atoms with van der Waals surface area (Å²) in [7, 11) is 0. The predicted octanol–water partition coefficient (Wildman–Crippen LogP) is 3.45. The van der Waals surface area contributed by atoms with Crippen LogP contribution in [0.5, 0.6) is 0 Å². The van der Waals surface area contributed by atoms with E-state index in [0.29, 0.717) is 4.57 Å². The Labute approximate surface area is 107 Å².